The molecule has 0 radical (unpaired) electrons. The zero-order valence-corrected chi connectivity index (χ0v) is 13.3. The van der Waals surface area contributed by atoms with E-state index < -0.39 is 0 Å². The van der Waals surface area contributed by atoms with Gasteiger partial charge in [-0.15, -0.1) is 21.5 Å². The predicted octanol–water partition coefficient (Wildman–Crippen LogP) is 2.00. The first-order chi connectivity index (χ1) is 10.6. The van der Waals surface area contributed by atoms with Crippen LogP contribution < -0.4 is 0 Å². The molecule has 2 aliphatic rings. The first-order valence-electron chi connectivity index (χ1n) is 7.38. The van der Waals surface area contributed by atoms with Crippen LogP contribution in [0.25, 0.3) is 0 Å². The highest BCUT2D eigenvalue weighted by Crippen LogP contribution is 2.40. The van der Waals surface area contributed by atoms with E-state index in [1.165, 1.54) is 11.3 Å². The van der Waals surface area contributed by atoms with Gasteiger partial charge in [-0.25, -0.2) is 0 Å². The molecule has 2 aliphatic heterocycles. The van der Waals surface area contributed by atoms with Gasteiger partial charge < -0.3 is 14.1 Å². The van der Waals surface area contributed by atoms with E-state index in [0.717, 1.165) is 10.4 Å². The highest BCUT2D eigenvalue weighted by molar-refractivity contribution is 7.12. The van der Waals surface area contributed by atoms with E-state index in [0.29, 0.717) is 31.5 Å². The Morgan fingerprint density at radius 1 is 1.36 bits per heavy atom. The fraction of sp³-hybridized carbons (Fsp3) is 0.533. The molecule has 0 aromatic carbocycles. The van der Waals surface area contributed by atoms with Crippen molar-refractivity contribution in [2.75, 3.05) is 19.7 Å². The molecule has 4 rings (SSSR count). The molecule has 2 saturated heterocycles. The van der Waals surface area contributed by atoms with Gasteiger partial charge in [-0.2, -0.15) is 0 Å². The summed E-state index contributed by atoms with van der Waals surface area (Å²) < 4.78 is 11.4. The zero-order chi connectivity index (χ0) is 15.3. The number of fused-ring (bicyclic) bond motifs is 1. The Labute approximate surface area is 132 Å². The summed E-state index contributed by atoms with van der Waals surface area (Å²) in [6, 6.07) is 1.98. The van der Waals surface area contributed by atoms with Gasteiger partial charge >= 0.3 is 0 Å². The number of nitrogens with zero attached hydrogens (tertiary/aromatic N) is 3. The van der Waals surface area contributed by atoms with Crippen LogP contribution in [0, 0.1) is 19.8 Å². The van der Waals surface area contributed by atoms with E-state index in [1.54, 1.807) is 6.92 Å². The first kappa shape index (κ1) is 13.9. The number of amides is 1. The van der Waals surface area contributed by atoms with Crippen molar-refractivity contribution in [3.05, 3.63) is 33.7 Å². The normalized spacial score (nSPS) is 27.4. The van der Waals surface area contributed by atoms with Gasteiger partial charge in [0.1, 0.15) is 0 Å². The first-order valence-corrected chi connectivity index (χ1v) is 8.26. The summed E-state index contributed by atoms with van der Waals surface area (Å²) in [7, 11) is 0. The van der Waals surface area contributed by atoms with Crippen molar-refractivity contribution in [1.29, 1.82) is 0 Å². The van der Waals surface area contributed by atoms with Crippen molar-refractivity contribution >= 4 is 17.2 Å². The second-order valence-corrected chi connectivity index (χ2v) is 6.86. The van der Waals surface area contributed by atoms with E-state index >= 15 is 0 Å². The molecule has 2 aromatic heterocycles. The van der Waals surface area contributed by atoms with Crippen LogP contribution in [0.15, 0.2) is 15.9 Å². The van der Waals surface area contributed by atoms with Gasteiger partial charge in [-0.1, -0.05) is 0 Å². The summed E-state index contributed by atoms with van der Waals surface area (Å²) in [4.78, 5) is 15.4. The van der Waals surface area contributed by atoms with Gasteiger partial charge in [0, 0.05) is 25.9 Å². The lowest BCUT2D eigenvalue weighted by Crippen LogP contribution is -2.30. The number of aromatic nitrogens is 2. The molecule has 1 amide bonds. The summed E-state index contributed by atoms with van der Waals surface area (Å²) in [5.74, 6) is 1.63. The van der Waals surface area contributed by atoms with Crippen molar-refractivity contribution in [3.63, 3.8) is 0 Å². The molecule has 0 unspecified atom stereocenters. The monoisotopic (exact) mass is 319 g/mol. The topological polar surface area (TPSA) is 68.5 Å². The molecule has 4 heterocycles. The van der Waals surface area contributed by atoms with Gasteiger partial charge in [0.2, 0.25) is 11.8 Å². The predicted molar refractivity (Wildman–Crippen MR) is 80.0 cm³/mol. The molecule has 7 heteroatoms. The molecule has 22 heavy (non-hydrogen) atoms. The van der Waals surface area contributed by atoms with Crippen LogP contribution >= 0.6 is 11.3 Å². The molecule has 2 fully saturated rings. The third-order valence-corrected chi connectivity index (χ3v) is 5.52. The van der Waals surface area contributed by atoms with E-state index in [1.807, 2.05) is 23.3 Å². The van der Waals surface area contributed by atoms with Gasteiger partial charge in [0.05, 0.1) is 23.5 Å². The standard InChI is InChI=1S/C15H17N3O3S/c1-8-3-4-22-13(8)15(19)18-5-10-11(7-20-12(10)6-18)14-17-16-9(2)21-14/h3-4,10-12H,5-7H2,1-2H3/t10-,11+,12-/m0/s1. The molecule has 2 aromatic rings. The van der Waals surface area contributed by atoms with Gasteiger partial charge in [-0.05, 0) is 23.9 Å². The smallest absolute Gasteiger partial charge is 0.264 e. The van der Waals surface area contributed by atoms with Crippen molar-refractivity contribution < 1.29 is 13.9 Å². The molecule has 3 atom stereocenters. The number of hydrogen-bond acceptors (Lipinski definition) is 6. The Balaban J connectivity index is 1.52. The molecular formula is C15H17N3O3S. The Morgan fingerprint density at radius 3 is 2.91 bits per heavy atom. The van der Waals surface area contributed by atoms with Crippen molar-refractivity contribution in [3.8, 4) is 0 Å². The summed E-state index contributed by atoms with van der Waals surface area (Å²) in [6.45, 7) is 5.68. The maximum atomic E-state index is 12.6. The molecule has 0 saturated carbocycles. The van der Waals surface area contributed by atoms with Gasteiger partial charge in [0.25, 0.3) is 5.91 Å². The summed E-state index contributed by atoms with van der Waals surface area (Å²) in [5.41, 5.74) is 1.04. The number of aryl methyl sites for hydroxylation is 2. The second kappa shape index (κ2) is 5.17. The van der Waals surface area contributed by atoms with Crippen LogP contribution in [0.2, 0.25) is 0 Å². The van der Waals surface area contributed by atoms with Crippen LogP contribution in [0.5, 0.6) is 0 Å². The Bertz CT molecular complexity index is 710. The van der Waals surface area contributed by atoms with E-state index in [-0.39, 0.29) is 23.8 Å². The average Bonchev–Trinajstić information content (AvgIpc) is 3.21. The fourth-order valence-electron chi connectivity index (χ4n) is 3.33. The lowest BCUT2D eigenvalue weighted by molar-refractivity contribution is 0.0690. The maximum absolute atomic E-state index is 12.6. The third kappa shape index (κ3) is 2.16. The van der Waals surface area contributed by atoms with Crippen LogP contribution in [-0.2, 0) is 4.74 Å². The SMILES string of the molecule is Cc1nnc([C@@H]2CO[C@H]3CN(C(=O)c4sccc4C)C[C@H]32)o1. The van der Waals surface area contributed by atoms with Gasteiger partial charge in [-0.3, -0.25) is 4.79 Å². The molecule has 116 valence electrons. The lowest BCUT2D eigenvalue weighted by Gasteiger charge is -2.18. The number of hydrogen-bond donors (Lipinski definition) is 0. The quantitative estimate of drug-likeness (QED) is 0.847. The molecule has 0 spiro atoms. The Kier molecular flexibility index (Phi) is 3.27. The lowest BCUT2D eigenvalue weighted by atomic mass is 9.93. The van der Waals surface area contributed by atoms with Crippen LogP contribution in [-0.4, -0.2) is 46.8 Å². The molecule has 0 bridgehead atoms. The summed E-state index contributed by atoms with van der Waals surface area (Å²) >= 11 is 1.50. The fourth-order valence-corrected chi connectivity index (χ4v) is 4.22. The van der Waals surface area contributed by atoms with Crippen molar-refractivity contribution in [1.82, 2.24) is 15.1 Å². The highest BCUT2D eigenvalue weighted by Gasteiger charge is 2.48. The third-order valence-electron chi connectivity index (χ3n) is 4.52. The van der Waals surface area contributed by atoms with Crippen molar-refractivity contribution in [2.45, 2.75) is 25.9 Å². The number of thiophene rings is 1. The highest BCUT2D eigenvalue weighted by atomic mass is 32.1. The zero-order valence-electron chi connectivity index (χ0n) is 12.5. The van der Waals surface area contributed by atoms with Crippen LogP contribution in [0.3, 0.4) is 0 Å². The summed E-state index contributed by atoms with van der Waals surface area (Å²) in [6.07, 6.45) is 0.0708. The van der Waals surface area contributed by atoms with E-state index in [2.05, 4.69) is 10.2 Å². The van der Waals surface area contributed by atoms with Crippen LogP contribution in [0.1, 0.15) is 32.9 Å². The molecule has 0 N–H and O–H groups in total. The van der Waals surface area contributed by atoms with E-state index in [9.17, 15) is 4.79 Å². The number of rotatable bonds is 2. The molecule has 0 aliphatic carbocycles. The summed E-state index contributed by atoms with van der Waals surface area (Å²) in [5, 5.41) is 9.98. The minimum absolute atomic E-state index is 0.0708. The number of ether oxygens (including phenoxy) is 1. The average molecular weight is 319 g/mol. The molecular weight excluding hydrogens is 302 g/mol. The van der Waals surface area contributed by atoms with E-state index in [4.69, 9.17) is 9.15 Å². The number of carbonyl (C=O) groups excluding carboxylic acids is 1. The minimum atomic E-state index is 0.0708. The number of carbonyl (C=O) groups is 1. The molecule has 6 nitrogen and oxygen atoms in total. The Morgan fingerprint density at radius 2 is 2.23 bits per heavy atom. The van der Waals surface area contributed by atoms with Gasteiger partial charge in [0.15, 0.2) is 0 Å². The minimum Gasteiger partial charge on any atom is -0.425 e. The van der Waals surface area contributed by atoms with Crippen LogP contribution in [0.4, 0.5) is 0 Å². The number of likely N-dealkylation sites (tertiary alicyclic amines) is 1. The maximum Gasteiger partial charge on any atom is 0.264 e. The second-order valence-electron chi connectivity index (χ2n) is 5.94. The largest absolute Gasteiger partial charge is 0.425 e. The van der Waals surface area contributed by atoms with Crippen molar-refractivity contribution in [2.24, 2.45) is 5.92 Å². The Hall–Kier alpha value is -1.73.